The maximum absolute atomic E-state index is 12.4. The van der Waals surface area contributed by atoms with E-state index in [0.29, 0.717) is 6.54 Å². The molecule has 0 aromatic heterocycles. The summed E-state index contributed by atoms with van der Waals surface area (Å²) < 4.78 is 5.32. The largest absolute Gasteiger partial charge is 0.497 e. The second-order valence-electron chi connectivity index (χ2n) is 7.61. The molecule has 150 valence electrons. The summed E-state index contributed by atoms with van der Waals surface area (Å²) in [6, 6.07) is 18.8. The van der Waals surface area contributed by atoms with Crippen LogP contribution >= 0.6 is 0 Å². The summed E-state index contributed by atoms with van der Waals surface area (Å²) in [6.45, 7) is 6.52. The molecular formula is C23H32N3O2+. The first-order valence-electron chi connectivity index (χ1n) is 10.2. The van der Waals surface area contributed by atoms with Gasteiger partial charge in [0.25, 0.3) is 5.91 Å². The number of carbonyl (C=O) groups excluding carboxylic acids is 1. The monoisotopic (exact) mass is 382 g/mol. The van der Waals surface area contributed by atoms with E-state index >= 15 is 0 Å². The van der Waals surface area contributed by atoms with Crippen molar-refractivity contribution >= 4 is 11.6 Å². The molecule has 0 saturated carbocycles. The molecule has 0 radical (unpaired) electrons. The van der Waals surface area contributed by atoms with Gasteiger partial charge in [0.2, 0.25) is 0 Å². The molecule has 0 unspecified atom stereocenters. The molecule has 0 aliphatic carbocycles. The van der Waals surface area contributed by atoms with Crippen LogP contribution in [-0.4, -0.2) is 51.8 Å². The van der Waals surface area contributed by atoms with Crippen LogP contribution in [0.2, 0.25) is 0 Å². The second-order valence-corrected chi connectivity index (χ2v) is 7.61. The number of rotatable bonds is 8. The molecule has 5 heteroatoms. The lowest BCUT2D eigenvalue weighted by Crippen LogP contribution is -3.16. The number of nitrogens with one attached hydrogen (secondary N) is 2. The van der Waals surface area contributed by atoms with Crippen LogP contribution in [0.4, 0.5) is 5.69 Å². The van der Waals surface area contributed by atoms with Gasteiger partial charge < -0.3 is 19.9 Å². The zero-order chi connectivity index (χ0) is 19.8. The standard InChI is InChI=1S/C23H31N3O2/c1-19(11-12-20-7-4-3-5-8-20)24-23(27)18-25-13-15-26(16-14-25)21-9-6-10-22(17-21)28-2/h3-10,17,19H,11-16,18H2,1-2H3,(H,24,27)/p+1/t19-/m0/s1. The summed E-state index contributed by atoms with van der Waals surface area (Å²) in [7, 11) is 1.70. The first-order chi connectivity index (χ1) is 13.6. The van der Waals surface area contributed by atoms with Crippen LogP contribution in [0, 0.1) is 0 Å². The Kier molecular flexibility index (Phi) is 7.31. The number of hydrogen-bond donors (Lipinski definition) is 2. The number of carbonyl (C=O) groups is 1. The van der Waals surface area contributed by atoms with Gasteiger partial charge in [-0.1, -0.05) is 36.4 Å². The fraction of sp³-hybridized carbons (Fsp3) is 0.435. The second kappa shape index (κ2) is 10.1. The molecule has 1 heterocycles. The van der Waals surface area contributed by atoms with E-state index in [1.54, 1.807) is 7.11 Å². The Morgan fingerprint density at radius 3 is 2.61 bits per heavy atom. The lowest BCUT2D eigenvalue weighted by molar-refractivity contribution is -0.892. The van der Waals surface area contributed by atoms with Gasteiger partial charge >= 0.3 is 0 Å². The molecule has 1 aliphatic heterocycles. The highest BCUT2D eigenvalue weighted by molar-refractivity contribution is 5.77. The summed E-state index contributed by atoms with van der Waals surface area (Å²) in [5.74, 6) is 1.04. The predicted molar refractivity (Wildman–Crippen MR) is 113 cm³/mol. The van der Waals surface area contributed by atoms with Crippen molar-refractivity contribution in [2.75, 3.05) is 44.7 Å². The zero-order valence-corrected chi connectivity index (χ0v) is 17.0. The van der Waals surface area contributed by atoms with Gasteiger partial charge in [0.05, 0.1) is 33.3 Å². The molecule has 1 atom stereocenters. The average Bonchev–Trinajstić information content (AvgIpc) is 2.73. The minimum absolute atomic E-state index is 0.158. The normalized spacial score (nSPS) is 15.9. The van der Waals surface area contributed by atoms with Gasteiger partial charge in [-0.3, -0.25) is 4.79 Å². The SMILES string of the molecule is COc1cccc(N2CC[NH+](CC(=O)N[C@@H](C)CCc3ccccc3)CC2)c1. The highest BCUT2D eigenvalue weighted by atomic mass is 16.5. The van der Waals surface area contributed by atoms with Gasteiger partial charge in [-0.05, 0) is 37.5 Å². The van der Waals surface area contributed by atoms with Crippen molar-refractivity contribution in [2.45, 2.75) is 25.8 Å². The van der Waals surface area contributed by atoms with Crippen LogP contribution in [0.1, 0.15) is 18.9 Å². The lowest BCUT2D eigenvalue weighted by atomic mass is 10.1. The number of hydrogen-bond acceptors (Lipinski definition) is 3. The molecule has 5 nitrogen and oxygen atoms in total. The quantitative estimate of drug-likeness (QED) is 0.728. The van der Waals surface area contributed by atoms with E-state index in [4.69, 9.17) is 4.74 Å². The van der Waals surface area contributed by atoms with Gasteiger partial charge in [0, 0.05) is 17.8 Å². The Labute approximate surface area is 168 Å². The van der Waals surface area contributed by atoms with E-state index in [0.717, 1.165) is 44.8 Å². The van der Waals surface area contributed by atoms with Crippen molar-refractivity contribution in [1.82, 2.24) is 5.32 Å². The van der Waals surface area contributed by atoms with E-state index in [1.165, 1.54) is 16.2 Å². The molecule has 3 rings (SSSR count). The van der Waals surface area contributed by atoms with E-state index in [-0.39, 0.29) is 11.9 Å². The Morgan fingerprint density at radius 1 is 1.14 bits per heavy atom. The Morgan fingerprint density at radius 2 is 1.89 bits per heavy atom. The number of quaternary nitrogens is 1. The molecule has 0 spiro atoms. The van der Waals surface area contributed by atoms with Gasteiger partial charge in [0.1, 0.15) is 5.75 Å². The number of anilines is 1. The summed E-state index contributed by atoms with van der Waals surface area (Å²) >= 11 is 0. The summed E-state index contributed by atoms with van der Waals surface area (Å²) in [4.78, 5) is 16.1. The molecule has 28 heavy (non-hydrogen) atoms. The highest BCUT2D eigenvalue weighted by Crippen LogP contribution is 2.20. The lowest BCUT2D eigenvalue weighted by Gasteiger charge is -2.33. The Hall–Kier alpha value is -2.53. The van der Waals surface area contributed by atoms with E-state index in [2.05, 4.69) is 53.5 Å². The third kappa shape index (κ3) is 5.99. The number of ether oxygens (including phenoxy) is 1. The van der Waals surface area contributed by atoms with E-state index in [9.17, 15) is 4.79 Å². The van der Waals surface area contributed by atoms with Crippen molar-refractivity contribution in [1.29, 1.82) is 0 Å². The van der Waals surface area contributed by atoms with E-state index in [1.807, 2.05) is 18.2 Å². The first-order valence-corrected chi connectivity index (χ1v) is 10.2. The van der Waals surface area contributed by atoms with Crippen molar-refractivity contribution in [2.24, 2.45) is 0 Å². The summed E-state index contributed by atoms with van der Waals surface area (Å²) in [5.41, 5.74) is 2.51. The van der Waals surface area contributed by atoms with E-state index < -0.39 is 0 Å². The van der Waals surface area contributed by atoms with Gasteiger partial charge in [0.15, 0.2) is 6.54 Å². The minimum Gasteiger partial charge on any atom is -0.497 e. The first kappa shape index (κ1) is 20.2. The molecule has 2 aromatic rings. The number of benzene rings is 2. The maximum atomic E-state index is 12.4. The zero-order valence-electron chi connectivity index (χ0n) is 17.0. The molecule has 1 amide bonds. The summed E-state index contributed by atoms with van der Waals surface area (Å²) in [6.07, 6.45) is 1.96. The molecule has 1 saturated heterocycles. The van der Waals surface area contributed by atoms with Gasteiger partial charge in [-0.25, -0.2) is 0 Å². The van der Waals surface area contributed by atoms with Gasteiger partial charge in [-0.15, -0.1) is 0 Å². The van der Waals surface area contributed by atoms with Crippen LogP contribution in [0.5, 0.6) is 5.75 Å². The highest BCUT2D eigenvalue weighted by Gasteiger charge is 2.23. The number of methoxy groups -OCH3 is 1. The number of amides is 1. The topological polar surface area (TPSA) is 46.0 Å². The van der Waals surface area contributed by atoms with Crippen LogP contribution in [0.15, 0.2) is 54.6 Å². The van der Waals surface area contributed by atoms with Crippen molar-refractivity contribution in [3.05, 3.63) is 60.2 Å². The molecule has 1 fully saturated rings. The van der Waals surface area contributed by atoms with Gasteiger partial charge in [-0.2, -0.15) is 0 Å². The third-order valence-electron chi connectivity index (χ3n) is 5.42. The number of aryl methyl sites for hydroxylation is 1. The van der Waals surface area contributed by atoms with Crippen LogP contribution in [0.3, 0.4) is 0 Å². The van der Waals surface area contributed by atoms with Crippen molar-refractivity contribution in [3.8, 4) is 5.75 Å². The minimum atomic E-state index is 0.158. The molecule has 1 aliphatic rings. The van der Waals surface area contributed by atoms with Crippen LogP contribution in [0.25, 0.3) is 0 Å². The van der Waals surface area contributed by atoms with Crippen molar-refractivity contribution in [3.63, 3.8) is 0 Å². The van der Waals surface area contributed by atoms with Crippen LogP contribution in [-0.2, 0) is 11.2 Å². The van der Waals surface area contributed by atoms with Crippen LogP contribution < -0.4 is 19.9 Å². The Balaban J connectivity index is 1.38. The molecule has 0 bridgehead atoms. The number of piperazine rings is 1. The molecule has 2 N–H and O–H groups in total. The smallest absolute Gasteiger partial charge is 0.275 e. The molecule has 2 aromatic carbocycles. The third-order valence-corrected chi connectivity index (χ3v) is 5.42. The van der Waals surface area contributed by atoms with Crippen molar-refractivity contribution < 1.29 is 14.4 Å². The Bertz CT molecular complexity index is 743. The maximum Gasteiger partial charge on any atom is 0.275 e. The summed E-state index contributed by atoms with van der Waals surface area (Å²) in [5, 5.41) is 3.17. The average molecular weight is 383 g/mol. The number of nitrogens with zero attached hydrogens (tertiary/aromatic N) is 1. The molecular weight excluding hydrogens is 350 g/mol. The fourth-order valence-corrected chi connectivity index (χ4v) is 3.72. The predicted octanol–water partition coefficient (Wildman–Crippen LogP) is 1.54. The fourth-order valence-electron chi connectivity index (χ4n) is 3.72.